The lowest BCUT2D eigenvalue weighted by Gasteiger charge is -2.20. The average molecular weight is 254 g/mol. The maximum Gasteiger partial charge on any atom is 0.146 e. The van der Waals surface area contributed by atoms with Crippen molar-refractivity contribution < 1.29 is 9.13 Å². The summed E-state index contributed by atoms with van der Waals surface area (Å²) in [6.07, 6.45) is 1.08. The molecule has 0 saturated heterocycles. The van der Waals surface area contributed by atoms with Crippen LogP contribution in [0.15, 0.2) is 18.2 Å². The van der Waals surface area contributed by atoms with Crippen molar-refractivity contribution in [3.05, 3.63) is 29.6 Å². The Morgan fingerprint density at radius 1 is 1.39 bits per heavy atom. The Kier molecular flexibility index (Phi) is 6.68. The van der Waals surface area contributed by atoms with Gasteiger partial charge in [0.25, 0.3) is 0 Å². The molecule has 0 spiro atoms. The number of hydrogen-bond donors (Lipinski definition) is 1. The molecule has 0 fully saturated rings. The third-order valence-corrected chi connectivity index (χ3v) is 2.81. The predicted octanol–water partition coefficient (Wildman–Crippen LogP) is 2.41. The van der Waals surface area contributed by atoms with Crippen LogP contribution in [-0.2, 0) is 11.3 Å². The summed E-state index contributed by atoms with van der Waals surface area (Å²) in [6, 6.07) is 5.39. The summed E-state index contributed by atoms with van der Waals surface area (Å²) in [5, 5.41) is 3.26. The molecule has 0 amide bonds. The molecule has 1 aromatic rings. The van der Waals surface area contributed by atoms with E-state index in [9.17, 15) is 4.39 Å². The van der Waals surface area contributed by atoms with Gasteiger partial charge in [-0.15, -0.1) is 0 Å². The molecule has 0 radical (unpaired) electrons. The highest BCUT2D eigenvalue weighted by atomic mass is 19.1. The van der Waals surface area contributed by atoms with E-state index < -0.39 is 0 Å². The Hall–Kier alpha value is -1.13. The van der Waals surface area contributed by atoms with Crippen molar-refractivity contribution in [2.24, 2.45) is 0 Å². The Morgan fingerprint density at radius 3 is 2.78 bits per heavy atom. The zero-order chi connectivity index (χ0) is 13.4. The lowest BCUT2D eigenvalue weighted by Crippen LogP contribution is -2.23. The number of benzene rings is 1. The average Bonchev–Trinajstić information content (AvgIpc) is 2.36. The highest BCUT2D eigenvalue weighted by molar-refractivity contribution is 5.48. The Balaban J connectivity index is 2.61. The molecule has 1 rings (SSSR count). The molecule has 18 heavy (non-hydrogen) atoms. The van der Waals surface area contributed by atoms with Crippen LogP contribution in [0.1, 0.15) is 18.9 Å². The second kappa shape index (κ2) is 8.06. The third kappa shape index (κ3) is 4.63. The zero-order valence-electron chi connectivity index (χ0n) is 11.5. The van der Waals surface area contributed by atoms with Gasteiger partial charge in [-0.2, -0.15) is 0 Å². The highest BCUT2D eigenvalue weighted by Crippen LogP contribution is 2.19. The van der Waals surface area contributed by atoms with Gasteiger partial charge >= 0.3 is 0 Å². The topological polar surface area (TPSA) is 24.5 Å². The third-order valence-electron chi connectivity index (χ3n) is 2.81. The molecular formula is C14H23FN2O. The van der Waals surface area contributed by atoms with Gasteiger partial charge in [-0.25, -0.2) is 4.39 Å². The van der Waals surface area contributed by atoms with Crippen molar-refractivity contribution in [1.82, 2.24) is 5.32 Å². The minimum absolute atomic E-state index is 0.176. The van der Waals surface area contributed by atoms with Crippen LogP contribution in [0.2, 0.25) is 0 Å². The molecule has 102 valence electrons. The van der Waals surface area contributed by atoms with Gasteiger partial charge in [-0.3, -0.25) is 0 Å². The minimum atomic E-state index is -0.176. The molecule has 0 unspecified atom stereocenters. The Labute approximate surface area is 109 Å². The summed E-state index contributed by atoms with van der Waals surface area (Å²) in [4.78, 5) is 1.86. The maximum absolute atomic E-state index is 13.9. The number of nitrogens with zero attached hydrogens (tertiary/aromatic N) is 1. The summed E-state index contributed by atoms with van der Waals surface area (Å²) < 4.78 is 18.9. The van der Waals surface area contributed by atoms with Crippen LogP contribution in [0.4, 0.5) is 10.1 Å². The number of methoxy groups -OCH3 is 1. The van der Waals surface area contributed by atoms with E-state index in [-0.39, 0.29) is 5.82 Å². The quantitative estimate of drug-likeness (QED) is 0.721. The fraction of sp³-hybridized carbons (Fsp3) is 0.571. The number of nitrogens with one attached hydrogen (secondary N) is 1. The molecule has 0 aromatic heterocycles. The van der Waals surface area contributed by atoms with E-state index in [0.29, 0.717) is 25.4 Å². The van der Waals surface area contributed by atoms with Crippen molar-refractivity contribution in [1.29, 1.82) is 0 Å². The predicted molar refractivity (Wildman–Crippen MR) is 73.5 cm³/mol. The molecule has 0 atom stereocenters. The number of hydrogen-bond acceptors (Lipinski definition) is 3. The molecule has 3 nitrogen and oxygen atoms in total. The standard InChI is InChI=1S/C14H23FN2O/c1-4-7-16-11-12-5-6-14(13(15)10-12)17(2)8-9-18-3/h5-6,10,16H,4,7-9,11H2,1-3H3. The lowest BCUT2D eigenvalue weighted by molar-refractivity contribution is 0.206. The van der Waals surface area contributed by atoms with Gasteiger partial charge in [-0.05, 0) is 30.7 Å². The Morgan fingerprint density at radius 2 is 2.17 bits per heavy atom. The summed E-state index contributed by atoms with van der Waals surface area (Å²) in [6.45, 7) is 5.06. The number of likely N-dealkylation sites (N-methyl/N-ethyl adjacent to an activating group) is 1. The van der Waals surface area contributed by atoms with E-state index in [4.69, 9.17) is 4.74 Å². The van der Waals surface area contributed by atoms with Gasteiger partial charge in [0.1, 0.15) is 5.82 Å². The van der Waals surface area contributed by atoms with E-state index in [0.717, 1.165) is 18.5 Å². The molecule has 0 aliphatic heterocycles. The van der Waals surface area contributed by atoms with Crippen molar-refractivity contribution in [3.8, 4) is 0 Å². The van der Waals surface area contributed by atoms with Crippen LogP contribution in [0.25, 0.3) is 0 Å². The maximum atomic E-state index is 13.9. The summed E-state index contributed by atoms with van der Waals surface area (Å²) in [5.41, 5.74) is 1.59. The highest BCUT2D eigenvalue weighted by Gasteiger charge is 2.07. The molecular weight excluding hydrogens is 231 g/mol. The van der Waals surface area contributed by atoms with Gasteiger partial charge in [-0.1, -0.05) is 13.0 Å². The van der Waals surface area contributed by atoms with Crippen LogP contribution in [0, 0.1) is 5.82 Å². The van der Waals surface area contributed by atoms with E-state index >= 15 is 0 Å². The van der Waals surface area contributed by atoms with Crippen molar-refractivity contribution in [2.45, 2.75) is 19.9 Å². The number of rotatable bonds is 8. The lowest BCUT2D eigenvalue weighted by atomic mass is 10.2. The van der Waals surface area contributed by atoms with Gasteiger partial charge < -0.3 is 15.0 Å². The smallest absolute Gasteiger partial charge is 0.146 e. The van der Waals surface area contributed by atoms with Gasteiger partial charge in [0.05, 0.1) is 12.3 Å². The second-order valence-corrected chi connectivity index (χ2v) is 4.38. The first kappa shape index (κ1) is 14.9. The van der Waals surface area contributed by atoms with E-state index in [1.807, 2.05) is 24.1 Å². The zero-order valence-corrected chi connectivity index (χ0v) is 11.5. The molecule has 0 heterocycles. The van der Waals surface area contributed by atoms with Crippen molar-refractivity contribution >= 4 is 5.69 Å². The minimum Gasteiger partial charge on any atom is -0.383 e. The SMILES string of the molecule is CCCNCc1ccc(N(C)CCOC)c(F)c1. The number of halogens is 1. The fourth-order valence-electron chi connectivity index (χ4n) is 1.73. The van der Waals surface area contributed by atoms with E-state index in [1.165, 1.54) is 0 Å². The van der Waals surface area contributed by atoms with Crippen LogP contribution in [0.5, 0.6) is 0 Å². The summed E-state index contributed by atoms with van der Waals surface area (Å²) >= 11 is 0. The molecule has 0 aliphatic rings. The van der Waals surface area contributed by atoms with E-state index in [1.54, 1.807) is 13.2 Å². The first-order valence-corrected chi connectivity index (χ1v) is 6.38. The van der Waals surface area contributed by atoms with Gasteiger partial charge in [0.15, 0.2) is 0 Å². The normalized spacial score (nSPS) is 10.7. The first-order chi connectivity index (χ1) is 8.69. The fourth-order valence-corrected chi connectivity index (χ4v) is 1.73. The second-order valence-electron chi connectivity index (χ2n) is 4.38. The Bertz CT molecular complexity index is 358. The van der Waals surface area contributed by atoms with Crippen LogP contribution in [0.3, 0.4) is 0 Å². The van der Waals surface area contributed by atoms with Crippen LogP contribution in [-0.4, -0.2) is 33.9 Å². The largest absolute Gasteiger partial charge is 0.383 e. The number of ether oxygens (including phenoxy) is 1. The van der Waals surface area contributed by atoms with Crippen LogP contribution < -0.4 is 10.2 Å². The molecule has 4 heteroatoms. The van der Waals surface area contributed by atoms with Gasteiger partial charge in [0, 0.05) is 27.2 Å². The van der Waals surface area contributed by atoms with Crippen LogP contribution >= 0.6 is 0 Å². The van der Waals surface area contributed by atoms with Crippen molar-refractivity contribution in [3.63, 3.8) is 0 Å². The molecule has 0 saturated carbocycles. The first-order valence-electron chi connectivity index (χ1n) is 6.38. The summed E-state index contributed by atoms with van der Waals surface area (Å²) in [5.74, 6) is -0.176. The van der Waals surface area contributed by atoms with Crippen molar-refractivity contribution in [2.75, 3.05) is 38.8 Å². The molecule has 1 aromatic carbocycles. The molecule has 0 bridgehead atoms. The van der Waals surface area contributed by atoms with E-state index in [2.05, 4.69) is 12.2 Å². The molecule has 1 N–H and O–H groups in total. The monoisotopic (exact) mass is 254 g/mol. The van der Waals surface area contributed by atoms with Gasteiger partial charge in [0.2, 0.25) is 0 Å². The molecule has 0 aliphatic carbocycles. The number of anilines is 1. The summed E-state index contributed by atoms with van der Waals surface area (Å²) in [7, 11) is 3.51.